The van der Waals surface area contributed by atoms with E-state index in [1.54, 1.807) is 7.11 Å². The summed E-state index contributed by atoms with van der Waals surface area (Å²) in [6, 6.07) is 0. The first-order valence-corrected chi connectivity index (χ1v) is 5.41. The molecule has 0 aromatic carbocycles. The molecule has 0 saturated carbocycles. The SMILES string of the molecule is COc1nsnc1C1=CCC[NH+](C)C1.[Cl-]. The number of likely N-dealkylation sites (N-methyl/N-ethyl adjacent to an activating group) is 1. The molecule has 1 aliphatic heterocycles. The molecule has 1 unspecified atom stereocenters. The first kappa shape index (κ1) is 12.4. The monoisotopic (exact) mass is 247 g/mol. The Morgan fingerprint density at radius 3 is 2.93 bits per heavy atom. The van der Waals surface area contributed by atoms with Crippen LogP contribution in [0.3, 0.4) is 0 Å². The van der Waals surface area contributed by atoms with Crippen LogP contribution in [0.25, 0.3) is 5.57 Å². The van der Waals surface area contributed by atoms with Crippen LogP contribution in [-0.4, -0.2) is 36.0 Å². The number of nitrogens with one attached hydrogen (secondary N) is 1. The molecule has 1 aliphatic rings. The van der Waals surface area contributed by atoms with Gasteiger partial charge in [0.1, 0.15) is 12.2 Å². The van der Waals surface area contributed by atoms with Crippen molar-refractivity contribution in [1.29, 1.82) is 0 Å². The summed E-state index contributed by atoms with van der Waals surface area (Å²) < 4.78 is 13.5. The van der Waals surface area contributed by atoms with Gasteiger partial charge in [0, 0.05) is 12.0 Å². The van der Waals surface area contributed by atoms with Crippen molar-refractivity contribution in [1.82, 2.24) is 8.75 Å². The highest BCUT2D eigenvalue weighted by molar-refractivity contribution is 6.99. The summed E-state index contributed by atoms with van der Waals surface area (Å²) in [4.78, 5) is 1.51. The molecule has 2 heterocycles. The van der Waals surface area contributed by atoms with E-state index in [1.165, 1.54) is 28.7 Å². The number of hydrogen-bond donors (Lipinski definition) is 1. The molecule has 0 bridgehead atoms. The summed E-state index contributed by atoms with van der Waals surface area (Å²) in [6.07, 6.45) is 3.36. The Hall–Kier alpha value is -0.650. The van der Waals surface area contributed by atoms with Gasteiger partial charge >= 0.3 is 0 Å². The first-order valence-electron chi connectivity index (χ1n) is 4.68. The average molecular weight is 248 g/mol. The van der Waals surface area contributed by atoms with Gasteiger partial charge in [-0.2, -0.15) is 4.37 Å². The van der Waals surface area contributed by atoms with E-state index in [1.807, 2.05) is 0 Å². The molecule has 4 nitrogen and oxygen atoms in total. The van der Waals surface area contributed by atoms with Crippen LogP contribution in [0.4, 0.5) is 0 Å². The number of rotatable bonds is 2. The maximum absolute atomic E-state index is 5.16. The normalized spacial score (nSPS) is 20.4. The Morgan fingerprint density at radius 1 is 1.47 bits per heavy atom. The van der Waals surface area contributed by atoms with Crippen molar-refractivity contribution in [3.63, 3.8) is 0 Å². The van der Waals surface area contributed by atoms with E-state index < -0.39 is 0 Å². The summed E-state index contributed by atoms with van der Waals surface area (Å²) >= 11 is 1.21. The number of ether oxygens (including phenoxy) is 1. The number of quaternary nitrogens is 1. The van der Waals surface area contributed by atoms with Gasteiger partial charge in [0.05, 0.1) is 32.4 Å². The molecule has 0 saturated heterocycles. The van der Waals surface area contributed by atoms with E-state index in [-0.39, 0.29) is 12.4 Å². The second kappa shape index (κ2) is 5.44. The molecular formula is C9H14ClN3OS. The molecule has 15 heavy (non-hydrogen) atoms. The van der Waals surface area contributed by atoms with Crippen LogP contribution in [0.15, 0.2) is 6.08 Å². The smallest absolute Gasteiger partial charge is 0.253 e. The minimum Gasteiger partial charge on any atom is -1.00 e. The maximum Gasteiger partial charge on any atom is 0.253 e. The molecule has 0 aliphatic carbocycles. The molecule has 1 aromatic heterocycles. The zero-order valence-corrected chi connectivity index (χ0v) is 10.4. The lowest BCUT2D eigenvalue weighted by Crippen LogP contribution is -3.09. The number of halogens is 1. The van der Waals surface area contributed by atoms with Gasteiger partial charge in [0.2, 0.25) is 0 Å². The Labute approximate surface area is 99.7 Å². The highest BCUT2D eigenvalue weighted by Gasteiger charge is 2.19. The Bertz CT molecular complexity index is 353. The van der Waals surface area contributed by atoms with Crippen LogP contribution in [-0.2, 0) is 0 Å². The van der Waals surface area contributed by atoms with Gasteiger partial charge in [-0.1, -0.05) is 6.08 Å². The minimum atomic E-state index is 0. The molecule has 1 aromatic rings. The van der Waals surface area contributed by atoms with Gasteiger partial charge in [0.25, 0.3) is 5.88 Å². The van der Waals surface area contributed by atoms with Gasteiger partial charge in [0.15, 0.2) is 0 Å². The standard InChI is InChI=1S/C9H13N3OS.ClH/c1-12-5-3-4-7(6-12)8-9(13-2)11-14-10-8;/h4H,3,5-6H2,1-2H3;1H. The molecule has 0 fully saturated rings. The minimum absolute atomic E-state index is 0. The molecule has 1 atom stereocenters. The molecule has 0 amide bonds. The zero-order chi connectivity index (χ0) is 9.97. The van der Waals surface area contributed by atoms with Crippen molar-refractivity contribution in [2.75, 3.05) is 27.2 Å². The molecule has 0 radical (unpaired) electrons. The van der Waals surface area contributed by atoms with Crippen LogP contribution in [0, 0.1) is 0 Å². The van der Waals surface area contributed by atoms with Crippen LogP contribution in [0.2, 0.25) is 0 Å². The summed E-state index contributed by atoms with van der Waals surface area (Å²) in [7, 11) is 3.83. The number of nitrogens with zero attached hydrogens (tertiary/aromatic N) is 2. The lowest BCUT2D eigenvalue weighted by molar-refractivity contribution is -0.872. The van der Waals surface area contributed by atoms with Crippen molar-refractivity contribution in [2.45, 2.75) is 6.42 Å². The molecular weight excluding hydrogens is 234 g/mol. The van der Waals surface area contributed by atoms with Crippen LogP contribution in [0.5, 0.6) is 5.88 Å². The zero-order valence-electron chi connectivity index (χ0n) is 8.79. The van der Waals surface area contributed by atoms with Crippen molar-refractivity contribution in [2.24, 2.45) is 0 Å². The summed E-state index contributed by atoms with van der Waals surface area (Å²) in [5.74, 6) is 0.663. The van der Waals surface area contributed by atoms with Gasteiger partial charge in [-0.25, -0.2) is 0 Å². The van der Waals surface area contributed by atoms with E-state index in [9.17, 15) is 0 Å². The Balaban J connectivity index is 0.00000112. The number of aromatic nitrogens is 2. The second-order valence-electron chi connectivity index (χ2n) is 3.52. The molecule has 0 spiro atoms. The summed E-state index contributed by atoms with van der Waals surface area (Å²) in [6.45, 7) is 2.21. The van der Waals surface area contributed by atoms with Gasteiger partial charge in [-0.15, -0.1) is 4.37 Å². The molecule has 84 valence electrons. The van der Waals surface area contributed by atoms with Crippen molar-refractivity contribution < 1.29 is 22.0 Å². The first-order chi connectivity index (χ1) is 6.81. The third-order valence-electron chi connectivity index (χ3n) is 2.41. The Kier molecular flexibility index (Phi) is 4.50. The highest BCUT2D eigenvalue weighted by atomic mass is 35.5. The topological polar surface area (TPSA) is 39.5 Å². The maximum atomic E-state index is 5.16. The van der Waals surface area contributed by atoms with Crippen LogP contribution >= 0.6 is 11.7 Å². The largest absolute Gasteiger partial charge is 1.00 e. The average Bonchev–Trinajstić information content (AvgIpc) is 2.65. The van der Waals surface area contributed by atoms with E-state index in [4.69, 9.17) is 4.74 Å². The summed E-state index contributed by atoms with van der Waals surface area (Å²) in [5.41, 5.74) is 2.19. The van der Waals surface area contributed by atoms with Gasteiger partial charge in [-0.05, 0) is 0 Å². The van der Waals surface area contributed by atoms with Crippen molar-refractivity contribution in [3.05, 3.63) is 11.8 Å². The number of methoxy groups -OCH3 is 1. The van der Waals surface area contributed by atoms with E-state index in [0.29, 0.717) is 5.88 Å². The third kappa shape index (κ3) is 2.68. The fourth-order valence-electron chi connectivity index (χ4n) is 1.67. The van der Waals surface area contributed by atoms with Crippen molar-refractivity contribution in [3.8, 4) is 5.88 Å². The van der Waals surface area contributed by atoms with Gasteiger partial charge in [-0.3, -0.25) is 0 Å². The van der Waals surface area contributed by atoms with Crippen molar-refractivity contribution >= 4 is 17.3 Å². The van der Waals surface area contributed by atoms with E-state index in [2.05, 4.69) is 21.9 Å². The molecule has 6 heteroatoms. The fourth-order valence-corrected chi connectivity index (χ4v) is 2.22. The predicted octanol–water partition coefficient (Wildman–Crippen LogP) is -3.15. The molecule has 1 N–H and O–H groups in total. The van der Waals surface area contributed by atoms with Crippen LogP contribution in [0.1, 0.15) is 12.1 Å². The molecule has 2 rings (SSSR count). The highest BCUT2D eigenvalue weighted by Crippen LogP contribution is 2.23. The lowest BCUT2D eigenvalue weighted by Gasteiger charge is -2.19. The quantitative estimate of drug-likeness (QED) is 0.600. The van der Waals surface area contributed by atoms with E-state index in [0.717, 1.165) is 18.7 Å². The number of hydrogen-bond acceptors (Lipinski definition) is 4. The lowest BCUT2D eigenvalue weighted by atomic mass is 10.1. The van der Waals surface area contributed by atoms with Crippen LogP contribution < -0.4 is 22.0 Å². The second-order valence-corrected chi connectivity index (χ2v) is 4.05. The fraction of sp³-hybridized carbons (Fsp3) is 0.556. The van der Waals surface area contributed by atoms with E-state index >= 15 is 0 Å². The summed E-state index contributed by atoms with van der Waals surface area (Å²) in [5, 5.41) is 0. The third-order valence-corrected chi connectivity index (χ3v) is 2.92. The Morgan fingerprint density at radius 2 is 2.27 bits per heavy atom. The predicted molar refractivity (Wildman–Crippen MR) is 55.7 cm³/mol. The van der Waals surface area contributed by atoms with Gasteiger partial charge < -0.3 is 22.0 Å².